The van der Waals surface area contributed by atoms with Crippen LogP contribution in [-0.4, -0.2) is 23.4 Å². The molecule has 2 aromatic rings. The third-order valence-corrected chi connectivity index (χ3v) is 5.25. The maximum absolute atomic E-state index is 12.2. The number of nitrogens with one attached hydrogen (secondary N) is 1. The van der Waals surface area contributed by atoms with Crippen LogP contribution in [0.5, 0.6) is 0 Å². The Balaban J connectivity index is 1.51. The number of likely N-dealkylation sites (tertiary alicyclic amines) is 1. The van der Waals surface area contributed by atoms with Crippen molar-refractivity contribution in [3.63, 3.8) is 0 Å². The van der Waals surface area contributed by atoms with Gasteiger partial charge >= 0.3 is 0 Å². The number of benzene rings is 2. The molecule has 1 aliphatic heterocycles. The molecule has 1 fully saturated rings. The highest BCUT2D eigenvalue weighted by molar-refractivity contribution is 5.94. The summed E-state index contributed by atoms with van der Waals surface area (Å²) < 4.78 is 0. The van der Waals surface area contributed by atoms with Gasteiger partial charge < -0.3 is 11.1 Å². The summed E-state index contributed by atoms with van der Waals surface area (Å²) in [6.07, 6.45) is 3.96. The van der Waals surface area contributed by atoms with Gasteiger partial charge in [-0.2, -0.15) is 0 Å². The molecule has 1 atom stereocenters. The minimum atomic E-state index is -0.0558. The van der Waals surface area contributed by atoms with Gasteiger partial charge in [-0.1, -0.05) is 42.8 Å². The van der Waals surface area contributed by atoms with Crippen LogP contribution in [0.25, 0.3) is 0 Å². The Bertz CT molecular complexity index is 709. The lowest BCUT2D eigenvalue weighted by Crippen LogP contribution is -2.36. The van der Waals surface area contributed by atoms with Crippen molar-refractivity contribution in [2.45, 2.75) is 51.9 Å². The first-order valence-electron chi connectivity index (χ1n) is 9.55. The number of carbonyl (C=O) groups is 1. The smallest absolute Gasteiger partial charge is 0.251 e. The summed E-state index contributed by atoms with van der Waals surface area (Å²) in [6, 6.07) is 16.7. The maximum Gasteiger partial charge on any atom is 0.251 e. The Morgan fingerprint density at radius 1 is 1.04 bits per heavy atom. The highest BCUT2D eigenvalue weighted by Gasteiger charge is 2.17. The molecule has 138 valence electrons. The fourth-order valence-corrected chi connectivity index (χ4v) is 3.47. The molecule has 0 radical (unpaired) electrons. The number of hydrogen-bond donors (Lipinski definition) is 2. The number of nitrogens with zero attached hydrogens (tertiary/aromatic N) is 1. The molecule has 26 heavy (non-hydrogen) atoms. The van der Waals surface area contributed by atoms with Crippen LogP contribution in [-0.2, 0) is 19.6 Å². The monoisotopic (exact) mass is 351 g/mol. The topological polar surface area (TPSA) is 58.4 Å². The SMILES string of the molecule is CC1CCCCN1Cc1ccc(CNC(=O)c2ccc(CN)cc2)cc1. The molecule has 0 aliphatic carbocycles. The van der Waals surface area contributed by atoms with Crippen molar-refractivity contribution in [3.05, 3.63) is 70.8 Å². The van der Waals surface area contributed by atoms with Crippen molar-refractivity contribution >= 4 is 5.91 Å². The first-order valence-corrected chi connectivity index (χ1v) is 9.55. The Morgan fingerprint density at radius 2 is 1.69 bits per heavy atom. The molecule has 1 saturated heterocycles. The average Bonchev–Trinajstić information content (AvgIpc) is 2.69. The van der Waals surface area contributed by atoms with Gasteiger partial charge in [0, 0.05) is 31.2 Å². The fraction of sp³-hybridized carbons (Fsp3) is 0.409. The maximum atomic E-state index is 12.2. The predicted molar refractivity (Wildman–Crippen MR) is 106 cm³/mol. The van der Waals surface area contributed by atoms with E-state index < -0.39 is 0 Å². The zero-order chi connectivity index (χ0) is 18.4. The van der Waals surface area contributed by atoms with Crippen LogP contribution in [0.3, 0.4) is 0 Å². The van der Waals surface area contributed by atoms with Gasteiger partial charge in [0.2, 0.25) is 0 Å². The third-order valence-electron chi connectivity index (χ3n) is 5.25. The highest BCUT2D eigenvalue weighted by Crippen LogP contribution is 2.19. The van der Waals surface area contributed by atoms with Crippen LogP contribution >= 0.6 is 0 Å². The summed E-state index contributed by atoms with van der Waals surface area (Å²) in [5.41, 5.74) is 9.74. The molecule has 2 aromatic carbocycles. The van der Waals surface area contributed by atoms with E-state index in [1.165, 1.54) is 31.4 Å². The van der Waals surface area contributed by atoms with Gasteiger partial charge in [0.25, 0.3) is 5.91 Å². The standard InChI is InChI=1S/C22H29N3O/c1-17-4-2-3-13-25(17)16-20-7-5-19(6-8-20)15-24-22(26)21-11-9-18(14-23)10-12-21/h5-12,17H,2-4,13-16,23H2,1H3,(H,24,26). The minimum absolute atomic E-state index is 0.0558. The van der Waals surface area contributed by atoms with Crippen LogP contribution in [0.15, 0.2) is 48.5 Å². The molecule has 4 nitrogen and oxygen atoms in total. The largest absolute Gasteiger partial charge is 0.348 e. The van der Waals surface area contributed by atoms with E-state index in [1.54, 1.807) is 0 Å². The molecular formula is C22H29N3O. The van der Waals surface area contributed by atoms with E-state index in [4.69, 9.17) is 5.73 Å². The summed E-state index contributed by atoms with van der Waals surface area (Å²) in [6.45, 7) is 5.56. The highest BCUT2D eigenvalue weighted by atomic mass is 16.1. The number of piperidine rings is 1. The third kappa shape index (κ3) is 4.93. The number of nitrogens with two attached hydrogens (primary N) is 1. The molecule has 1 amide bonds. The second kappa shape index (κ2) is 8.97. The Hall–Kier alpha value is -2.17. The normalized spacial score (nSPS) is 17.8. The predicted octanol–water partition coefficient (Wildman–Crippen LogP) is 3.45. The lowest BCUT2D eigenvalue weighted by molar-refractivity contribution is 0.0951. The molecule has 1 heterocycles. The van der Waals surface area contributed by atoms with E-state index >= 15 is 0 Å². The van der Waals surface area contributed by atoms with Crippen LogP contribution in [0.4, 0.5) is 0 Å². The molecule has 4 heteroatoms. The lowest BCUT2D eigenvalue weighted by atomic mass is 10.0. The van der Waals surface area contributed by atoms with Gasteiger partial charge in [0.1, 0.15) is 0 Å². The molecule has 1 aliphatic rings. The Morgan fingerprint density at radius 3 is 2.35 bits per heavy atom. The molecule has 0 bridgehead atoms. The molecule has 3 N–H and O–H groups in total. The quantitative estimate of drug-likeness (QED) is 0.838. The summed E-state index contributed by atoms with van der Waals surface area (Å²) >= 11 is 0. The molecule has 0 spiro atoms. The molecule has 3 rings (SSSR count). The molecule has 1 unspecified atom stereocenters. The summed E-state index contributed by atoms with van der Waals surface area (Å²) in [7, 11) is 0. The van der Waals surface area contributed by atoms with E-state index in [0.29, 0.717) is 24.7 Å². The van der Waals surface area contributed by atoms with Crippen LogP contribution in [0.2, 0.25) is 0 Å². The zero-order valence-electron chi connectivity index (χ0n) is 15.6. The molecule has 0 saturated carbocycles. The number of rotatable bonds is 6. The summed E-state index contributed by atoms with van der Waals surface area (Å²) in [4.78, 5) is 14.8. The van der Waals surface area contributed by atoms with E-state index in [0.717, 1.165) is 17.7 Å². The fourth-order valence-electron chi connectivity index (χ4n) is 3.47. The summed E-state index contributed by atoms with van der Waals surface area (Å²) in [5, 5.41) is 2.98. The number of amides is 1. The van der Waals surface area contributed by atoms with Crippen molar-refractivity contribution in [1.82, 2.24) is 10.2 Å². The number of carbonyl (C=O) groups excluding carboxylic acids is 1. The van der Waals surface area contributed by atoms with Crippen molar-refractivity contribution in [2.24, 2.45) is 5.73 Å². The van der Waals surface area contributed by atoms with Crippen molar-refractivity contribution in [1.29, 1.82) is 0 Å². The van der Waals surface area contributed by atoms with E-state index in [9.17, 15) is 4.79 Å². The van der Waals surface area contributed by atoms with Crippen LogP contribution in [0.1, 0.15) is 53.2 Å². The first kappa shape index (κ1) is 18.6. The van der Waals surface area contributed by atoms with Gasteiger partial charge in [-0.3, -0.25) is 9.69 Å². The van der Waals surface area contributed by atoms with E-state index in [2.05, 4.69) is 41.4 Å². The zero-order valence-corrected chi connectivity index (χ0v) is 15.6. The van der Waals surface area contributed by atoms with Gasteiger partial charge in [0.05, 0.1) is 0 Å². The first-order chi connectivity index (χ1) is 12.7. The second-order valence-electron chi connectivity index (χ2n) is 7.22. The van der Waals surface area contributed by atoms with Crippen LogP contribution in [0, 0.1) is 0 Å². The second-order valence-corrected chi connectivity index (χ2v) is 7.22. The van der Waals surface area contributed by atoms with E-state index in [1.807, 2.05) is 24.3 Å². The minimum Gasteiger partial charge on any atom is -0.348 e. The number of hydrogen-bond acceptors (Lipinski definition) is 3. The van der Waals surface area contributed by atoms with Gasteiger partial charge in [-0.05, 0) is 55.1 Å². The van der Waals surface area contributed by atoms with Crippen molar-refractivity contribution in [2.75, 3.05) is 6.54 Å². The van der Waals surface area contributed by atoms with Crippen LogP contribution < -0.4 is 11.1 Å². The van der Waals surface area contributed by atoms with Crippen molar-refractivity contribution in [3.8, 4) is 0 Å². The Labute approximate surface area is 156 Å². The van der Waals surface area contributed by atoms with Gasteiger partial charge in [-0.25, -0.2) is 0 Å². The average molecular weight is 351 g/mol. The van der Waals surface area contributed by atoms with Gasteiger partial charge in [0.15, 0.2) is 0 Å². The summed E-state index contributed by atoms with van der Waals surface area (Å²) in [5.74, 6) is -0.0558. The lowest BCUT2D eigenvalue weighted by Gasteiger charge is -2.33. The van der Waals surface area contributed by atoms with Gasteiger partial charge in [-0.15, -0.1) is 0 Å². The van der Waals surface area contributed by atoms with Crippen molar-refractivity contribution < 1.29 is 4.79 Å². The molecular weight excluding hydrogens is 322 g/mol. The van der Waals surface area contributed by atoms with E-state index in [-0.39, 0.29) is 5.91 Å². The Kier molecular flexibility index (Phi) is 6.42. The molecule has 0 aromatic heterocycles.